The molecule has 0 atom stereocenters. The van der Waals surface area contributed by atoms with Crippen LogP contribution in [0.4, 0.5) is 5.95 Å². The lowest BCUT2D eigenvalue weighted by Gasteiger charge is -2.07. The Hall–Kier alpha value is -0.980. The number of hydrogen-bond acceptors (Lipinski definition) is 3. The third-order valence-electron chi connectivity index (χ3n) is 2.22. The molecule has 2 rings (SSSR count). The summed E-state index contributed by atoms with van der Waals surface area (Å²) in [4.78, 5) is 20.2. The maximum atomic E-state index is 12.1. The first-order valence-electron chi connectivity index (χ1n) is 5.23. The lowest BCUT2D eigenvalue weighted by Crippen LogP contribution is -2.15. The van der Waals surface area contributed by atoms with Crippen molar-refractivity contribution in [3.8, 4) is 0 Å². The van der Waals surface area contributed by atoms with E-state index < -0.39 is 0 Å². The average molecular weight is 405 g/mol. The summed E-state index contributed by atoms with van der Waals surface area (Å²) in [6.45, 7) is 1.78. The first kappa shape index (κ1) is 14.4. The van der Waals surface area contributed by atoms with Gasteiger partial charge in [0.15, 0.2) is 0 Å². The molecule has 1 aromatic heterocycles. The zero-order valence-electron chi connectivity index (χ0n) is 9.75. The molecule has 98 valence electrons. The van der Waals surface area contributed by atoms with Crippen molar-refractivity contribution in [3.63, 3.8) is 0 Å². The van der Waals surface area contributed by atoms with Crippen molar-refractivity contribution < 1.29 is 4.79 Å². The summed E-state index contributed by atoms with van der Waals surface area (Å²) in [7, 11) is 0. The van der Waals surface area contributed by atoms with Crippen molar-refractivity contribution in [2.75, 3.05) is 5.32 Å². The second kappa shape index (κ2) is 5.98. The maximum absolute atomic E-state index is 12.1. The van der Waals surface area contributed by atoms with Crippen LogP contribution in [-0.4, -0.2) is 15.9 Å². The van der Waals surface area contributed by atoms with Gasteiger partial charge in [-0.2, -0.15) is 0 Å². The number of amides is 1. The number of anilines is 1. The Bertz CT molecular complexity index is 629. The Kier molecular flexibility index (Phi) is 4.54. The van der Waals surface area contributed by atoms with Crippen LogP contribution in [0, 0.1) is 6.92 Å². The highest BCUT2D eigenvalue weighted by atomic mass is 79.9. The molecule has 1 aromatic carbocycles. The van der Waals surface area contributed by atoms with Gasteiger partial charge in [-0.15, -0.1) is 0 Å². The molecule has 0 radical (unpaired) electrons. The number of halogens is 3. The molecule has 19 heavy (non-hydrogen) atoms. The fourth-order valence-electron chi connectivity index (χ4n) is 1.43. The number of nitrogens with one attached hydrogen (secondary N) is 1. The van der Waals surface area contributed by atoms with Gasteiger partial charge in [0.25, 0.3) is 5.91 Å². The Morgan fingerprint density at radius 2 is 2.00 bits per heavy atom. The second-order valence-electron chi connectivity index (χ2n) is 3.73. The summed E-state index contributed by atoms with van der Waals surface area (Å²) in [5.74, 6) is -0.128. The van der Waals surface area contributed by atoms with Gasteiger partial charge in [0.05, 0.1) is 5.56 Å². The van der Waals surface area contributed by atoms with Gasteiger partial charge in [0.1, 0.15) is 5.15 Å². The summed E-state index contributed by atoms with van der Waals surface area (Å²) in [6.07, 6.45) is 0. The Morgan fingerprint density at radius 1 is 1.26 bits per heavy atom. The monoisotopic (exact) mass is 403 g/mol. The largest absolute Gasteiger partial charge is 0.290 e. The van der Waals surface area contributed by atoms with Gasteiger partial charge in [0.2, 0.25) is 5.95 Å². The number of carbonyl (C=O) groups excluding carboxylic acids is 1. The lowest BCUT2D eigenvalue weighted by molar-refractivity contribution is 0.102. The number of carbonyl (C=O) groups is 1. The highest BCUT2D eigenvalue weighted by Gasteiger charge is 2.12. The molecule has 0 aliphatic rings. The summed E-state index contributed by atoms with van der Waals surface area (Å²) in [6, 6.07) is 6.94. The molecule has 1 heterocycles. The summed E-state index contributed by atoms with van der Waals surface area (Å²) in [5.41, 5.74) is 1.17. The smallest absolute Gasteiger partial charge is 0.259 e. The molecular formula is C12H8Br2ClN3O. The molecule has 2 aromatic rings. The molecule has 0 saturated heterocycles. The van der Waals surface area contributed by atoms with Crippen LogP contribution in [0.15, 0.2) is 33.2 Å². The van der Waals surface area contributed by atoms with Gasteiger partial charge in [0, 0.05) is 14.6 Å². The summed E-state index contributed by atoms with van der Waals surface area (Å²) < 4.78 is 1.50. The molecule has 0 spiro atoms. The lowest BCUT2D eigenvalue weighted by atomic mass is 10.2. The molecule has 0 fully saturated rings. The highest BCUT2D eigenvalue weighted by molar-refractivity contribution is 9.11. The van der Waals surface area contributed by atoms with Crippen LogP contribution < -0.4 is 5.32 Å². The van der Waals surface area contributed by atoms with E-state index in [1.807, 2.05) is 6.07 Å². The summed E-state index contributed by atoms with van der Waals surface area (Å²) in [5, 5.41) is 2.90. The molecule has 4 nitrogen and oxygen atoms in total. The minimum atomic E-state index is -0.310. The van der Waals surface area contributed by atoms with E-state index in [0.717, 1.165) is 4.47 Å². The first-order chi connectivity index (χ1) is 8.95. The fraction of sp³-hybridized carbons (Fsp3) is 0.0833. The third kappa shape index (κ3) is 3.75. The molecule has 0 saturated carbocycles. The standard InChI is InChI=1S/C12H8Br2ClN3O/c1-6-4-10(15)17-12(16-6)18-11(19)8-5-7(13)2-3-9(8)14/h2-5H,1H3,(H,16,17,18,19). The Balaban J connectivity index is 2.28. The van der Waals surface area contributed by atoms with Gasteiger partial charge in [-0.25, -0.2) is 9.97 Å². The SMILES string of the molecule is Cc1cc(Cl)nc(NC(=O)c2cc(Br)ccc2Br)n1. The van der Waals surface area contributed by atoms with E-state index >= 15 is 0 Å². The number of benzene rings is 1. The van der Waals surface area contributed by atoms with Gasteiger partial charge < -0.3 is 0 Å². The fourth-order valence-corrected chi connectivity index (χ4v) is 2.45. The minimum absolute atomic E-state index is 0.182. The number of aromatic nitrogens is 2. The van der Waals surface area contributed by atoms with Crippen LogP contribution in [0.2, 0.25) is 5.15 Å². The molecular weight excluding hydrogens is 397 g/mol. The average Bonchev–Trinajstić information content (AvgIpc) is 2.30. The van der Waals surface area contributed by atoms with Crippen molar-refractivity contribution in [2.45, 2.75) is 6.92 Å². The van der Waals surface area contributed by atoms with E-state index in [1.165, 1.54) is 0 Å². The number of hydrogen-bond donors (Lipinski definition) is 1. The topological polar surface area (TPSA) is 54.9 Å². The van der Waals surface area contributed by atoms with Gasteiger partial charge in [-0.05, 0) is 47.1 Å². The van der Waals surface area contributed by atoms with Crippen LogP contribution in [0.1, 0.15) is 16.1 Å². The minimum Gasteiger partial charge on any atom is -0.290 e. The van der Waals surface area contributed by atoms with Crippen molar-refractivity contribution in [1.29, 1.82) is 0 Å². The molecule has 1 amide bonds. The number of nitrogens with zero attached hydrogens (tertiary/aromatic N) is 2. The molecule has 0 unspecified atom stereocenters. The van der Waals surface area contributed by atoms with Crippen LogP contribution in [0.25, 0.3) is 0 Å². The van der Waals surface area contributed by atoms with Crippen LogP contribution in [0.3, 0.4) is 0 Å². The van der Waals surface area contributed by atoms with E-state index in [-0.39, 0.29) is 17.0 Å². The van der Waals surface area contributed by atoms with Crippen molar-refractivity contribution in [2.24, 2.45) is 0 Å². The van der Waals surface area contributed by atoms with E-state index in [0.29, 0.717) is 15.7 Å². The predicted molar refractivity (Wildman–Crippen MR) is 81.6 cm³/mol. The highest BCUT2D eigenvalue weighted by Crippen LogP contribution is 2.22. The molecule has 1 N–H and O–H groups in total. The van der Waals surface area contributed by atoms with Crippen molar-refractivity contribution >= 4 is 55.3 Å². The maximum Gasteiger partial charge on any atom is 0.259 e. The first-order valence-corrected chi connectivity index (χ1v) is 7.19. The van der Waals surface area contributed by atoms with Crippen LogP contribution in [-0.2, 0) is 0 Å². The number of aryl methyl sites for hydroxylation is 1. The van der Waals surface area contributed by atoms with Crippen LogP contribution >= 0.6 is 43.5 Å². The van der Waals surface area contributed by atoms with Gasteiger partial charge in [-0.1, -0.05) is 27.5 Å². The number of rotatable bonds is 2. The van der Waals surface area contributed by atoms with E-state index in [4.69, 9.17) is 11.6 Å². The van der Waals surface area contributed by atoms with E-state index in [1.54, 1.807) is 25.1 Å². The van der Waals surface area contributed by atoms with E-state index in [2.05, 4.69) is 47.1 Å². The van der Waals surface area contributed by atoms with Gasteiger partial charge in [-0.3, -0.25) is 10.1 Å². The zero-order valence-corrected chi connectivity index (χ0v) is 13.7. The van der Waals surface area contributed by atoms with Crippen molar-refractivity contribution in [1.82, 2.24) is 9.97 Å². The second-order valence-corrected chi connectivity index (χ2v) is 5.89. The molecule has 0 bridgehead atoms. The normalized spacial score (nSPS) is 10.3. The van der Waals surface area contributed by atoms with Gasteiger partial charge >= 0.3 is 0 Å². The molecule has 7 heteroatoms. The quantitative estimate of drug-likeness (QED) is 0.762. The molecule has 0 aliphatic carbocycles. The van der Waals surface area contributed by atoms with E-state index in [9.17, 15) is 4.79 Å². The van der Waals surface area contributed by atoms with Crippen molar-refractivity contribution in [3.05, 3.63) is 49.6 Å². The summed E-state index contributed by atoms with van der Waals surface area (Å²) >= 11 is 12.5. The van der Waals surface area contributed by atoms with Crippen LogP contribution in [0.5, 0.6) is 0 Å². The zero-order chi connectivity index (χ0) is 14.0. The Labute approximate surface area is 131 Å². The Morgan fingerprint density at radius 3 is 2.68 bits per heavy atom. The predicted octanol–water partition coefficient (Wildman–Crippen LogP) is 4.22. The molecule has 0 aliphatic heterocycles. The third-order valence-corrected chi connectivity index (χ3v) is 3.60.